The molecular formula is C13H23N5. The van der Waals surface area contributed by atoms with Gasteiger partial charge in [0.05, 0.1) is 0 Å². The lowest BCUT2D eigenvalue weighted by atomic mass is 10.3. The van der Waals surface area contributed by atoms with Crippen LogP contribution < -0.4 is 15.1 Å². The highest BCUT2D eigenvalue weighted by Gasteiger charge is 2.12. The van der Waals surface area contributed by atoms with Gasteiger partial charge in [-0.1, -0.05) is 6.92 Å². The van der Waals surface area contributed by atoms with E-state index in [9.17, 15) is 0 Å². The van der Waals surface area contributed by atoms with Crippen molar-refractivity contribution in [3.63, 3.8) is 0 Å². The van der Waals surface area contributed by atoms with Gasteiger partial charge in [0.25, 0.3) is 0 Å². The van der Waals surface area contributed by atoms with Crippen molar-refractivity contribution in [2.45, 2.75) is 19.8 Å². The van der Waals surface area contributed by atoms with E-state index < -0.39 is 0 Å². The lowest BCUT2D eigenvalue weighted by molar-refractivity contribution is 0.724. The third-order valence-electron chi connectivity index (χ3n) is 3.25. The molecule has 0 aromatic carbocycles. The first kappa shape index (κ1) is 13.1. The number of anilines is 2. The summed E-state index contributed by atoms with van der Waals surface area (Å²) in [7, 11) is 2.08. The lowest BCUT2D eigenvalue weighted by Gasteiger charge is -2.23. The van der Waals surface area contributed by atoms with E-state index in [4.69, 9.17) is 0 Å². The van der Waals surface area contributed by atoms with Gasteiger partial charge in [0, 0.05) is 39.3 Å². The summed E-state index contributed by atoms with van der Waals surface area (Å²) in [5.74, 6) is 2.06. The number of aromatic nitrogens is 2. The van der Waals surface area contributed by atoms with Crippen LogP contribution in [0.5, 0.6) is 0 Å². The highest BCUT2D eigenvalue weighted by atomic mass is 15.2. The first-order chi connectivity index (χ1) is 8.81. The van der Waals surface area contributed by atoms with E-state index in [0.29, 0.717) is 0 Å². The van der Waals surface area contributed by atoms with E-state index >= 15 is 0 Å². The van der Waals surface area contributed by atoms with Gasteiger partial charge < -0.3 is 15.1 Å². The van der Waals surface area contributed by atoms with Gasteiger partial charge in [-0.05, 0) is 19.4 Å². The van der Waals surface area contributed by atoms with Crippen molar-refractivity contribution in [1.82, 2.24) is 15.3 Å². The van der Waals surface area contributed by atoms with Crippen LogP contribution in [-0.4, -0.2) is 49.7 Å². The van der Waals surface area contributed by atoms with E-state index in [1.807, 2.05) is 0 Å². The van der Waals surface area contributed by atoms with Crippen LogP contribution >= 0.6 is 0 Å². The smallest absolute Gasteiger partial charge is 0.134 e. The van der Waals surface area contributed by atoms with E-state index in [1.54, 1.807) is 6.33 Å². The summed E-state index contributed by atoms with van der Waals surface area (Å²) < 4.78 is 0. The molecule has 0 aliphatic carbocycles. The van der Waals surface area contributed by atoms with Crippen molar-refractivity contribution in [1.29, 1.82) is 0 Å². The molecule has 1 N–H and O–H groups in total. The topological polar surface area (TPSA) is 44.3 Å². The number of hydrogen-bond acceptors (Lipinski definition) is 5. The monoisotopic (exact) mass is 249 g/mol. The van der Waals surface area contributed by atoms with Crippen molar-refractivity contribution >= 4 is 11.6 Å². The fourth-order valence-corrected chi connectivity index (χ4v) is 2.24. The first-order valence-corrected chi connectivity index (χ1v) is 6.80. The molecule has 2 rings (SSSR count). The number of nitrogens with zero attached hydrogens (tertiary/aromatic N) is 4. The van der Waals surface area contributed by atoms with Crippen molar-refractivity contribution < 1.29 is 0 Å². The number of nitrogens with one attached hydrogen (secondary N) is 1. The summed E-state index contributed by atoms with van der Waals surface area (Å²) in [6.45, 7) is 7.43. The van der Waals surface area contributed by atoms with E-state index in [1.165, 1.54) is 6.42 Å². The molecule has 2 heterocycles. The molecule has 0 saturated carbocycles. The Hall–Kier alpha value is -1.36. The molecule has 1 fully saturated rings. The summed E-state index contributed by atoms with van der Waals surface area (Å²) in [6.07, 6.45) is 3.97. The predicted octanol–water partition coefficient (Wildman–Crippen LogP) is 1.12. The third-order valence-corrected chi connectivity index (χ3v) is 3.25. The molecule has 0 bridgehead atoms. The zero-order valence-corrected chi connectivity index (χ0v) is 11.4. The van der Waals surface area contributed by atoms with Gasteiger partial charge in [-0.15, -0.1) is 0 Å². The second-order valence-electron chi connectivity index (χ2n) is 4.75. The molecule has 0 atom stereocenters. The van der Waals surface area contributed by atoms with E-state index in [-0.39, 0.29) is 0 Å². The van der Waals surface area contributed by atoms with Crippen LogP contribution in [0.3, 0.4) is 0 Å². The Morgan fingerprint density at radius 2 is 2.22 bits per heavy atom. The minimum absolute atomic E-state index is 1.01. The zero-order valence-electron chi connectivity index (χ0n) is 11.4. The Bertz CT molecular complexity index is 360. The quantitative estimate of drug-likeness (QED) is 0.866. The zero-order chi connectivity index (χ0) is 12.8. The highest BCUT2D eigenvalue weighted by Crippen LogP contribution is 2.17. The lowest BCUT2D eigenvalue weighted by Crippen LogP contribution is -2.29. The number of rotatable bonds is 4. The molecule has 5 heteroatoms. The second-order valence-corrected chi connectivity index (χ2v) is 4.75. The van der Waals surface area contributed by atoms with Gasteiger partial charge in [0.1, 0.15) is 18.0 Å². The molecule has 5 nitrogen and oxygen atoms in total. The van der Waals surface area contributed by atoms with Gasteiger partial charge in [0.15, 0.2) is 0 Å². The van der Waals surface area contributed by atoms with Gasteiger partial charge in [-0.25, -0.2) is 9.97 Å². The molecular weight excluding hydrogens is 226 g/mol. The maximum atomic E-state index is 4.41. The largest absolute Gasteiger partial charge is 0.360 e. The standard InChI is InChI=1S/C13H23N5/c1-3-7-17(2)12-10-13(16-11-15-12)18-8-4-5-14-6-9-18/h10-11,14H,3-9H2,1-2H3. The molecule has 1 saturated heterocycles. The molecule has 0 unspecified atom stereocenters. The van der Waals surface area contributed by atoms with E-state index in [2.05, 4.69) is 45.1 Å². The summed E-state index contributed by atoms with van der Waals surface area (Å²) in [6, 6.07) is 2.10. The van der Waals surface area contributed by atoms with Crippen LogP contribution in [0.2, 0.25) is 0 Å². The van der Waals surface area contributed by atoms with E-state index in [0.717, 1.165) is 50.8 Å². The van der Waals surface area contributed by atoms with Gasteiger partial charge >= 0.3 is 0 Å². The Labute approximate surface area is 109 Å². The molecule has 18 heavy (non-hydrogen) atoms. The fourth-order valence-electron chi connectivity index (χ4n) is 2.24. The average molecular weight is 249 g/mol. The van der Waals surface area contributed by atoms with Crippen molar-refractivity contribution in [2.75, 3.05) is 49.6 Å². The van der Waals surface area contributed by atoms with Crippen LogP contribution in [-0.2, 0) is 0 Å². The Kier molecular flexibility index (Phi) is 4.75. The van der Waals surface area contributed by atoms with Crippen molar-refractivity contribution in [3.05, 3.63) is 12.4 Å². The second kappa shape index (κ2) is 6.54. The summed E-state index contributed by atoms with van der Waals surface area (Å²) >= 11 is 0. The average Bonchev–Trinajstić information content (AvgIpc) is 2.68. The summed E-state index contributed by atoms with van der Waals surface area (Å²) in [5.41, 5.74) is 0. The molecule has 0 amide bonds. The molecule has 100 valence electrons. The molecule has 1 aromatic heterocycles. The van der Waals surface area contributed by atoms with Crippen molar-refractivity contribution in [2.24, 2.45) is 0 Å². The molecule has 0 spiro atoms. The van der Waals surface area contributed by atoms with Crippen LogP contribution in [0.15, 0.2) is 12.4 Å². The Morgan fingerprint density at radius 1 is 1.33 bits per heavy atom. The molecule has 1 aliphatic heterocycles. The minimum atomic E-state index is 1.01. The van der Waals surface area contributed by atoms with Crippen LogP contribution in [0.1, 0.15) is 19.8 Å². The minimum Gasteiger partial charge on any atom is -0.360 e. The molecule has 1 aromatic rings. The molecule has 1 aliphatic rings. The number of hydrogen-bond donors (Lipinski definition) is 1. The van der Waals surface area contributed by atoms with Crippen molar-refractivity contribution in [3.8, 4) is 0 Å². The Balaban J connectivity index is 2.10. The predicted molar refractivity (Wildman–Crippen MR) is 75.3 cm³/mol. The Morgan fingerprint density at radius 3 is 3.06 bits per heavy atom. The highest BCUT2D eigenvalue weighted by molar-refractivity contribution is 5.49. The normalized spacial score (nSPS) is 16.4. The van der Waals surface area contributed by atoms with Crippen LogP contribution in [0.25, 0.3) is 0 Å². The first-order valence-electron chi connectivity index (χ1n) is 6.80. The van der Waals surface area contributed by atoms with Crippen LogP contribution in [0.4, 0.5) is 11.6 Å². The van der Waals surface area contributed by atoms with Gasteiger partial charge in [0.2, 0.25) is 0 Å². The summed E-state index contributed by atoms with van der Waals surface area (Å²) in [5, 5.41) is 3.41. The van der Waals surface area contributed by atoms with Gasteiger partial charge in [-0.3, -0.25) is 0 Å². The maximum absolute atomic E-state index is 4.41. The summed E-state index contributed by atoms with van der Waals surface area (Å²) in [4.78, 5) is 13.3. The van der Waals surface area contributed by atoms with Gasteiger partial charge in [-0.2, -0.15) is 0 Å². The SMILES string of the molecule is CCCN(C)c1cc(N2CCCNCC2)ncn1. The third kappa shape index (κ3) is 3.32. The maximum Gasteiger partial charge on any atom is 0.134 e. The van der Waals surface area contributed by atoms with Crippen LogP contribution in [0, 0.1) is 0 Å². The fraction of sp³-hybridized carbons (Fsp3) is 0.692. The molecule has 0 radical (unpaired) electrons.